The molecule has 0 saturated heterocycles. The second-order valence-electron chi connectivity index (χ2n) is 4.54. The molecule has 80 valence electrons. The van der Waals surface area contributed by atoms with Crippen LogP contribution in [0.3, 0.4) is 0 Å². The van der Waals surface area contributed by atoms with Gasteiger partial charge in [0.2, 0.25) is 0 Å². The van der Waals surface area contributed by atoms with E-state index >= 15 is 0 Å². The summed E-state index contributed by atoms with van der Waals surface area (Å²) in [6.07, 6.45) is 0. The number of hydrogen-bond donors (Lipinski definition) is 2. The SMILES string of the molecule is Cc1c(Cl)ccc2cc(C(C)(C)N)[nH]c12. The maximum absolute atomic E-state index is 6.06. The van der Waals surface area contributed by atoms with Crippen molar-refractivity contribution >= 4 is 22.5 Å². The van der Waals surface area contributed by atoms with Crippen LogP contribution >= 0.6 is 11.6 Å². The first kappa shape index (κ1) is 10.5. The summed E-state index contributed by atoms with van der Waals surface area (Å²) >= 11 is 6.06. The lowest BCUT2D eigenvalue weighted by Gasteiger charge is -2.16. The second-order valence-corrected chi connectivity index (χ2v) is 4.95. The maximum atomic E-state index is 6.06. The molecular weight excluding hydrogens is 208 g/mol. The highest BCUT2D eigenvalue weighted by Crippen LogP contribution is 2.28. The number of rotatable bonds is 1. The predicted molar refractivity (Wildman–Crippen MR) is 65.3 cm³/mol. The molecule has 0 atom stereocenters. The third-order valence-corrected chi connectivity index (χ3v) is 3.09. The van der Waals surface area contributed by atoms with Crippen LogP contribution in [-0.4, -0.2) is 4.98 Å². The molecule has 2 rings (SSSR count). The summed E-state index contributed by atoms with van der Waals surface area (Å²) in [6.45, 7) is 5.97. The Morgan fingerprint density at radius 2 is 2.00 bits per heavy atom. The van der Waals surface area contributed by atoms with E-state index in [1.807, 2.05) is 32.9 Å². The van der Waals surface area contributed by atoms with Crippen LogP contribution in [0.25, 0.3) is 10.9 Å². The molecule has 0 bridgehead atoms. The molecule has 2 nitrogen and oxygen atoms in total. The molecule has 0 saturated carbocycles. The van der Waals surface area contributed by atoms with E-state index < -0.39 is 0 Å². The normalized spacial score (nSPS) is 12.3. The summed E-state index contributed by atoms with van der Waals surface area (Å²) in [4.78, 5) is 3.34. The molecule has 2 aromatic rings. The van der Waals surface area contributed by atoms with Crippen molar-refractivity contribution in [2.45, 2.75) is 26.3 Å². The first-order valence-corrected chi connectivity index (χ1v) is 5.34. The molecule has 3 heteroatoms. The first-order chi connectivity index (χ1) is 6.89. The summed E-state index contributed by atoms with van der Waals surface area (Å²) in [6, 6.07) is 6.01. The van der Waals surface area contributed by atoms with Gasteiger partial charge < -0.3 is 10.7 Å². The number of nitrogens with one attached hydrogen (secondary N) is 1. The van der Waals surface area contributed by atoms with Crippen LogP contribution in [-0.2, 0) is 5.54 Å². The molecule has 1 aromatic carbocycles. The van der Waals surface area contributed by atoms with Crippen LogP contribution in [0.15, 0.2) is 18.2 Å². The van der Waals surface area contributed by atoms with Crippen molar-refractivity contribution in [2.24, 2.45) is 5.73 Å². The first-order valence-electron chi connectivity index (χ1n) is 4.97. The average Bonchev–Trinajstić information content (AvgIpc) is 2.55. The van der Waals surface area contributed by atoms with Gasteiger partial charge >= 0.3 is 0 Å². The van der Waals surface area contributed by atoms with Crippen LogP contribution < -0.4 is 5.73 Å². The smallest absolute Gasteiger partial charge is 0.0504 e. The third-order valence-electron chi connectivity index (χ3n) is 2.68. The standard InChI is InChI=1S/C12H15ClN2/c1-7-9(13)5-4-8-6-10(12(2,3)14)15-11(7)8/h4-6,15H,14H2,1-3H3. The van der Waals surface area contributed by atoms with Crippen LogP contribution in [0.1, 0.15) is 25.1 Å². The lowest BCUT2D eigenvalue weighted by molar-refractivity contribution is 0.540. The molecule has 0 aliphatic rings. The van der Waals surface area contributed by atoms with Gasteiger partial charge in [-0.1, -0.05) is 17.7 Å². The Bertz CT molecular complexity index is 506. The van der Waals surface area contributed by atoms with Crippen LogP contribution in [0.4, 0.5) is 0 Å². The van der Waals surface area contributed by atoms with Gasteiger partial charge in [-0.15, -0.1) is 0 Å². The Labute approximate surface area is 94.4 Å². The van der Waals surface area contributed by atoms with Gasteiger partial charge in [0.15, 0.2) is 0 Å². The van der Waals surface area contributed by atoms with Crippen molar-refractivity contribution in [3.8, 4) is 0 Å². The molecule has 0 unspecified atom stereocenters. The van der Waals surface area contributed by atoms with Crippen molar-refractivity contribution in [2.75, 3.05) is 0 Å². The number of nitrogens with two attached hydrogens (primary N) is 1. The van der Waals surface area contributed by atoms with Crippen molar-refractivity contribution in [3.05, 3.63) is 34.5 Å². The number of aromatic nitrogens is 1. The largest absolute Gasteiger partial charge is 0.357 e. The molecule has 0 fully saturated rings. The van der Waals surface area contributed by atoms with Crippen molar-refractivity contribution < 1.29 is 0 Å². The zero-order chi connectivity index (χ0) is 11.2. The van der Waals surface area contributed by atoms with E-state index in [2.05, 4.69) is 11.1 Å². The number of hydrogen-bond acceptors (Lipinski definition) is 1. The minimum absolute atomic E-state index is 0.349. The van der Waals surface area contributed by atoms with E-state index in [-0.39, 0.29) is 5.54 Å². The Morgan fingerprint density at radius 3 is 2.60 bits per heavy atom. The lowest BCUT2D eigenvalue weighted by atomic mass is 10.0. The van der Waals surface area contributed by atoms with Crippen LogP contribution in [0.2, 0.25) is 5.02 Å². The molecular formula is C12H15ClN2. The molecule has 0 radical (unpaired) electrons. The summed E-state index contributed by atoms with van der Waals surface area (Å²) < 4.78 is 0. The zero-order valence-corrected chi connectivity index (χ0v) is 9.94. The number of fused-ring (bicyclic) bond motifs is 1. The minimum atomic E-state index is -0.349. The van der Waals surface area contributed by atoms with Gasteiger partial charge in [-0.25, -0.2) is 0 Å². The summed E-state index contributed by atoms with van der Waals surface area (Å²) in [7, 11) is 0. The highest BCUT2D eigenvalue weighted by molar-refractivity contribution is 6.32. The molecule has 1 aromatic heterocycles. The quantitative estimate of drug-likeness (QED) is 0.764. The molecule has 3 N–H and O–H groups in total. The molecule has 1 heterocycles. The van der Waals surface area contributed by atoms with Gasteiger partial charge in [-0.2, -0.15) is 0 Å². The number of H-pyrrole nitrogens is 1. The van der Waals surface area contributed by atoms with Gasteiger partial charge in [0, 0.05) is 16.1 Å². The fraction of sp³-hybridized carbons (Fsp3) is 0.333. The highest BCUT2D eigenvalue weighted by Gasteiger charge is 2.17. The fourth-order valence-electron chi connectivity index (χ4n) is 1.67. The molecule has 0 aliphatic carbocycles. The third kappa shape index (κ3) is 1.75. The van der Waals surface area contributed by atoms with Gasteiger partial charge in [0.05, 0.1) is 11.1 Å². The Hall–Kier alpha value is -0.990. The Kier molecular flexibility index (Phi) is 2.28. The highest BCUT2D eigenvalue weighted by atomic mass is 35.5. The topological polar surface area (TPSA) is 41.8 Å². The Morgan fingerprint density at radius 1 is 1.33 bits per heavy atom. The van der Waals surface area contributed by atoms with Gasteiger partial charge in [-0.3, -0.25) is 0 Å². The zero-order valence-electron chi connectivity index (χ0n) is 9.19. The van der Waals surface area contributed by atoms with E-state index in [4.69, 9.17) is 17.3 Å². The van der Waals surface area contributed by atoms with E-state index in [9.17, 15) is 0 Å². The van der Waals surface area contributed by atoms with E-state index in [0.717, 1.165) is 27.2 Å². The maximum Gasteiger partial charge on any atom is 0.0504 e. The van der Waals surface area contributed by atoms with E-state index in [0.29, 0.717) is 0 Å². The molecule has 15 heavy (non-hydrogen) atoms. The predicted octanol–water partition coefficient (Wildman–Crippen LogP) is 3.32. The number of halogens is 1. The van der Waals surface area contributed by atoms with Crippen molar-refractivity contribution in [3.63, 3.8) is 0 Å². The number of benzene rings is 1. The second kappa shape index (κ2) is 3.26. The van der Waals surface area contributed by atoms with Gasteiger partial charge in [0.1, 0.15) is 0 Å². The van der Waals surface area contributed by atoms with Crippen LogP contribution in [0.5, 0.6) is 0 Å². The number of aromatic amines is 1. The van der Waals surface area contributed by atoms with Crippen LogP contribution in [0, 0.1) is 6.92 Å². The molecule has 0 spiro atoms. The molecule has 0 amide bonds. The van der Waals surface area contributed by atoms with Gasteiger partial charge in [-0.05, 0) is 38.5 Å². The van der Waals surface area contributed by atoms with Crippen molar-refractivity contribution in [1.29, 1.82) is 0 Å². The van der Waals surface area contributed by atoms with Crippen molar-refractivity contribution in [1.82, 2.24) is 4.98 Å². The van der Waals surface area contributed by atoms with Gasteiger partial charge in [0.25, 0.3) is 0 Å². The summed E-state index contributed by atoms with van der Waals surface area (Å²) in [5.74, 6) is 0. The number of aryl methyl sites for hydroxylation is 1. The Balaban J connectivity index is 2.72. The lowest BCUT2D eigenvalue weighted by Crippen LogP contribution is -2.28. The summed E-state index contributed by atoms with van der Waals surface area (Å²) in [5.41, 5.74) is 8.88. The monoisotopic (exact) mass is 222 g/mol. The van der Waals surface area contributed by atoms with E-state index in [1.165, 1.54) is 0 Å². The average molecular weight is 223 g/mol. The van der Waals surface area contributed by atoms with E-state index in [1.54, 1.807) is 0 Å². The minimum Gasteiger partial charge on any atom is -0.357 e. The fourth-order valence-corrected chi connectivity index (χ4v) is 1.82. The molecule has 0 aliphatic heterocycles. The summed E-state index contributed by atoms with van der Waals surface area (Å²) in [5, 5.41) is 1.94.